The van der Waals surface area contributed by atoms with Crippen LogP contribution in [0.15, 0.2) is 30.3 Å². The van der Waals surface area contributed by atoms with E-state index >= 15 is 0 Å². The third-order valence-corrected chi connectivity index (χ3v) is 2.56. The molecule has 0 heterocycles. The largest absolute Gasteiger partial charge is 0.507 e. The second-order valence-electron chi connectivity index (χ2n) is 3.57. The summed E-state index contributed by atoms with van der Waals surface area (Å²) in [6, 6.07) is 8.29. The topological polar surface area (TPSA) is 55.8 Å². The van der Waals surface area contributed by atoms with Crippen LogP contribution >= 0.6 is 0 Å². The number of hydrogen-bond donors (Lipinski definition) is 1. The van der Waals surface area contributed by atoms with Gasteiger partial charge in [-0.2, -0.15) is 0 Å². The summed E-state index contributed by atoms with van der Waals surface area (Å²) in [5.74, 6) is 0.231. The number of carbonyl (C=O) groups is 1. The van der Waals surface area contributed by atoms with Crippen LogP contribution in [0.5, 0.6) is 11.5 Å². The van der Waals surface area contributed by atoms with Crippen molar-refractivity contribution >= 4 is 16.7 Å². The molecule has 1 N–H and O–H groups in total. The molecule has 0 radical (unpaired) electrons. The van der Waals surface area contributed by atoms with Gasteiger partial charge in [0.15, 0.2) is 0 Å². The molecule has 0 aromatic heterocycles. The van der Waals surface area contributed by atoms with Crippen molar-refractivity contribution in [3.8, 4) is 11.5 Å². The number of rotatable bonds is 2. The van der Waals surface area contributed by atoms with E-state index in [1.807, 2.05) is 0 Å². The Morgan fingerprint density at radius 1 is 1.18 bits per heavy atom. The Labute approximate surface area is 98.4 Å². The molecule has 4 nitrogen and oxygen atoms in total. The Balaban J connectivity index is 2.65. The van der Waals surface area contributed by atoms with Gasteiger partial charge in [0.05, 0.1) is 19.8 Å². The maximum Gasteiger partial charge on any atom is 0.338 e. The average molecular weight is 232 g/mol. The molecule has 0 spiro atoms. The van der Waals surface area contributed by atoms with Crippen LogP contribution in [0.2, 0.25) is 0 Å². The van der Waals surface area contributed by atoms with Crippen LogP contribution in [0.3, 0.4) is 0 Å². The van der Waals surface area contributed by atoms with E-state index in [2.05, 4.69) is 4.74 Å². The maximum absolute atomic E-state index is 11.4. The van der Waals surface area contributed by atoms with E-state index in [0.717, 1.165) is 5.39 Å². The van der Waals surface area contributed by atoms with Crippen LogP contribution in [-0.4, -0.2) is 25.3 Å². The molecule has 0 aliphatic rings. The third kappa shape index (κ3) is 2.01. The van der Waals surface area contributed by atoms with Crippen LogP contribution in [0.25, 0.3) is 10.8 Å². The lowest BCUT2D eigenvalue weighted by Crippen LogP contribution is -2.00. The standard InChI is InChI=1S/C13H12O4/c1-16-10-3-4-11-8(6-10)5-9(7-12(11)14)13(15)17-2/h3-7,14H,1-2H3. The van der Waals surface area contributed by atoms with Crippen LogP contribution in [-0.2, 0) is 4.74 Å². The van der Waals surface area contributed by atoms with Crippen molar-refractivity contribution < 1.29 is 19.4 Å². The van der Waals surface area contributed by atoms with Gasteiger partial charge in [-0.15, -0.1) is 0 Å². The predicted molar refractivity (Wildman–Crippen MR) is 63.5 cm³/mol. The first-order valence-corrected chi connectivity index (χ1v) is 5.05. The summed E-state index contributed by atoms with van der Waals surface area (Å²) in [5.41, 5.74) is 0.311. The van der Waals surface area contributed by atoms with Crippen molar-refractivity contribution in [2.45, 2.75) is 0 Å². The van der Waals surface area contributed by atoms with Crippen molar-refractivity contribution in [2.75, 3.05) is 14.2 Å². The van der Waals surface area contributed by atoms with Gasteiger partial charge in [-0.25, -0.2) is 4.79 Å². The van der Waals surface area contributed by atoms with Crippen molar-refractivity contribution in [3.05, 3.63) is 35.9 Å². The average Bonchev–Trinajstić information content (AvgIpc) is 2.36. The molecular formula is C13H12O4. The molecule has 0 saturated carbocycles. The second kappa shape index (κ2) is 4.33. The lowest BCUT2D eigenvalue weighted by atomic mass is 10.1. The number of hydrogen-bond acceptors (Lipinski definition) is 4. The Morgan fingerprint density at radius 3 is 2.59 bits per heavy atom. The van der Waals surface area contributed by atoms with Crippen molar-refractivity contribution in [1.82, 2.24) is 0 Å². The van der Waals surface area contributed by atoms with E-state index in [4.69, 9.17) is 4.74 Å². The van der Waals surface area contributed by atoms with Gasteiger partial charge < -0.3 is 14.6 Å². The lowest BCUT2D eigenvalue weighted by molar-refractivity contribution is 0.0600. The SMILES string of the molecule is COC(=O)c1cc(O)c2ccc(OC)cc2c1. The van der Waals surface area contributed by atoms with E-state index in [1.165, 1.54) is 13.2 Å². The molecule has 2 rings (SSSR count). The molecule has 2 aromatic rings. The summed E-state index contributed by atoms with van der Waals surface area (Å²) in [6.45, 7) is 0. The summed E-state index contributed by atoms with van der Waals surface area (Å²) in [4.78, 5) is 11.4. The molecule has 2 aromatic carbocycles. The minimum Gasteiger partial charge on any atom is -0.507 e. The molecule has 0 aliphatic heterocycles. The molecule has 0 unspecified atom stereocenters. The fourth-order valence-electron chi connectivity index (χ4n) is 1.69. The zero-order valence-corrected chi connectivity index (χ0v) is 9.56. The summed E-state index contributed by atoms with van der Waals surface area (Å²) in [7, 11) is 2.86. The predicted octanol–water partition coefficient (Wildman–Crippen LogP) is 2.34. The summed E-state index contributed by atoms with van der Waals surface area (Å²) in [5, 5.41) is 11.2. The molecule has 4 heteroatoms. The van der Waals surface area contributed by atoms with Gasteiger partial charge in [-0.3, -0.25) is 0 Å². The van der Waals surface area contributed by atoms with Gasteiger partial charge in [-0.05, 0) is 35.7 Å². The number of phenols is 1. The van der Waals surface area contributed by atoms with E-state index in [9.17, 15) is 9.90 Å². The zero-order valence-electron chi connectivity index (χ0n) is 9.56. The monoisotopic (exact) mass is 232 g/mol. The normalized spacial score (nSPS) is 10.2. The maximum atomic E-state index is 11.4. The Kier molecular flexibility index (Phi) is 2.87. The first-order chi connectivity index (χ1) is 8.15. The van der Waals surface area contributed by atoms with Gasteiger partial charge in [0, 0.05) is 5.39 Å². The highest BCUT2D eigenvalue weighted by atomic mass is 16.5. The van der Waals surface area contributed by atoms with Gasteiger partial charge in [0.2, 0.25) is 0 Å². The molecule has 0 fully saturated rings. The first kappa shape index (κ1) is 11.3. The van der Waals surface area contributed by atoms with E-state index in [0.29, 0.717) is 16.7 Å². The number of fused-ring (bicyclic) bond motifs is 1. The Bertz CT molecular complexity index is 575. The number of esters is 1. The molecule has 0 saturated heterocycles. The molecule has 0 bridgehead atoms. The zero-order chi connectivity index (χ0) is 12.4. The van der Waals surface area contributed by atoms with Crippen LogP contribution in [0.1, 0.15) is 10.4 Å². The molecule has 0 amide bonds. The van der Waals surface area contributed by atoms with Crippen molar-refractivity contribution in [2.24, 2.45) is 0 Å². The van der Waals surface area contributed by atoms with Gasteiger partial charge >= 0.3 is 5.97 Å². The second-order valence-corrected chi connectivity index (χ2v) is 3.57. The fraction of sp³-hybridized carbons (Fsp3) is 0.154. The highest BCUT2D eigenvalue weighted by molar-refractivity contribution is 5.98. The highest BCUT2D eigenvalue weighted by Crippen LogP contribution is 2.29. The first-order valence-electron chi connectivity index (χ1n) is 5.05. The summed E-state index contributed by atoms with van der Waals surface area (Å²) in [6.07, 6.45) is 0. The van der Waals surface area contributed by atoms with E-state index in [1.54, 1.807) is 31.4 Å². The van der Waals surface area contributed by atoms with Gasteiger partial charge in [0.1, 0.15) is 11.5 Å². The minimum atomic E-state index is -0.481. The molecular weight excluding hydrogens is 220 g/mol. The van der Waals surface area contributed by atoms with Gasteiger partial charge in [-0.1, -0.05) is 0 Å². The number of ether oxygens (including phenoxy) is 2. The molecule has 88 valence electrons. The molecule has 17 heavy (non-hydrogen) atoms. The Hall–Kier alpha value is -2.23. The summed E-state index contributed by atoms with van der Waals surface area (Å²) < 4.78 is 9.71. The van der Waals surface area contributed by atoms with Gasteiger partial charge in [0.25, 0.3) is 0 Å². The number of benzene rings is 2. The quantitative estimate of drug-likeness (QED) is 0.807. The third-order valence-electron chi connectivity index (χ3n) is 2.56. The smallest absolute Gasteiger partial charge is 0.338 e. The van der Waals surface area contributed by atoms with E-state index < -0.39 is 5.97 Å². The number of carbonyl (C=O) groups excluding carboxylic acids is 1. The molecule has 0 atom stereocenters. The lowest BCUT2D eigenvalue weighted by Gasteiger charge is -2.06. The van der Waals surface area contributed by atoms with Crippen molar-refractivity contribution in [1.29, 1.82) is 0 Å². The van der Waals surface area contributed by atoms with E-state index in [-0.39, 0.29) is 5.75 Å². The van der Waals surface area contributed by atoms with Crippen LogP contribution in [0, 0.1) is 0 Å². The fourth-order valence-corrected chi connectivity index (χ4v) is 1.69. The van der Waals surface area contributed by atoms with Crippen molar-refractivity contribution in [3.63, 3.8) is 0 Å². The van der Waals surface area contributed by atoms with Crippen LogP contribution < -0.4 is 4.74 Å². The highest BCUT2D eigenvalue weighted by Gasteiger charge is 2.10. The minimum absolute atomic E-state index is 0.0468. The number of phenolic OH excluding ortho intramolecular Hbond substituents is 1. The molecule has 0 aliphatic carbocycles. The summed E-state index contributed by atoms with van der Waals surface area (Å²) >= 11 is 0. The number of aromatic hydroxyl groups is 1. The van der Waals surface area contributed by atoms with Crippen LogP contribution in [0.4, 0.5) is 0 Å². The Morgan fingerprint density at radius 2 is 1.94 bits per heavy atom. The number of methoxy groups -OCH3 is 2.